The lowest BCUT2D eigenvalue weighted by atomic mass is 10.2. The third-order valence-corrected chi connectivity index (χ3v) is 4.06. The van der Waals surface area contributed by atoms with Crippen molar-refractivity contribution in [3.8, 4) is 0 Å². The Morgan fingerprint density at radius 3 is 2.53 bits per heavy atom. The van der Waals surface area contributed by atoms with Crippen LogP contribution in [-0.2, 0) is 23.6 Å². The second kappa shape index (κ2) is 5.11. The number of rotatable bonds is 5. The van der Waals surface area contributed by atoms with E-state index in [1.165, 1.54) is 0 Å². The number of nitrogens with zero attached hydrogens (tertiary/aromatic N) is 2. The van der Waals surface area contributed by atoms with Gasteiger partial charge in [-0.15, -0.1) is 0 Å². The number of aromatic nitrogens is 2. The lowest BCUT2D eigenvalue weighted by Gasteiger charge is -2.06. The number of aryl methyl sites for hydroxylation is 2. The van der Waals surface area contributed by atoms with Crippen LogP contribution in [0.5, 0.6) is 0 Å². The van der Waals surface area contributed by atoms with Crippen LogP contribution in [0.4, 0.5) is 0 Å². The van der Waals surface area contributed by atoms with Crippen LogP contribution >= 0.6 is 12.2 Å². The molecule has 8 heteroatoms. The highest BCUT2D eigenvalue weighted by Gasteiger charge is 2.15. The number of hydrogen-bond acceptors (Lipinski definition) is 4. The highest BCUT2D eigenvalue weighted by atomic mass is 32.2. The molecular formula is C9H16N4O2S2. The molecule has 0 bridgehead atoms. The molecule has 1 rings (SSSR count). The molecule has 3 N–H and O–H groups in total. The Balaban J connectivity index is 2.77. The number of nitrogens with two attached hydrogens (primary N) is 1. The molecule has 0 amide bonds. The molecule has 0 atom stereocenters. The Bertz CT molecular complexity index is 533. The molecule has 0 aromatic carbocycles. The maximum atomic E-state index is 11.5. The zero-order valence-corrected chi connectivity index (χ0v) is 11.7. The van der Waals surface area contributed by atoms with Crippen molar-refractivity contribution in [3.05, 3.63) is 17.0 Å². The van der Waals surface area contributed by atoms with E-state index >= 15 is 0 Å². The summed E-state index contributed by atoms with van der Waals surface area (Å²) >= 11 is 4.57. The van der Waals surface area contributed by atoms with Crippen molar-refractivity contribution in [1.29, 1.82) is 0 Å². The van der Waals surface area contributed by atoms with Crippen molar-refractivity contribution < 1.29 is 8.42 Å². The van der Waals surface area contributed by atoms with Gasteiger partial charge in [-0.2, -0.15) is 5.10 Å². The van der Waals surface area contributed by atoms with Gasteiger partial charge in [-0.3, -0.25) is 4.68 Å². The van der Waals surface area contributed by atoms with Crippen LogP contribution in [0, 0.1) is 13.8 Å². The Kier molecular flexibility index (Phi) is 4.23. The number of sulfonamides is 1. The summed E-state index contributed by atoms with van der Waals surface area (Å²) in [5.74, 6) is -0.333. The molecule has 0 radical (unpaired) electrons. The van der Waals surface area contributed by atoms with Gasteiger partial charge in [-0.05, 0) is 13.8 Å². The molecule has 0 fully saturated rings. The van der Waals surface area contributed by atoms with Crippen molar-refractivity contribution in [3.63, 3.8) is 0 Å². The normalized spacial score (nSPS) is 11.7. The van der Waals surface area contributed by atoms with Crippen molar-refractivity contribution in [2.75, 3.05) is 5.75 Å². The summed E-state index contributed by atoms with van der Waals surface area (Å²) in [5, 5.41) is 4.20. The molecular weight excluding hydrogens is 260 g/mol. The molecule has 96 valence electrons. The van der Waals surface area contributed by atoms with Crippen LogP contribution in [0.15, 0.2) is 0 Å². The van der Waals surface area contributed by atoms with Gasteiger partial charge in [0.05, 0.1) is 10.7 Å². The summed E-state index contributed by atoms with van der Waals surface area (Å²) < 4.78 is 27.2. The first kappa shape index (κ1) is 14.1. The van der Waals surface area contributed by atoms with Gasteiger partial charge in [-0.25, -0.2) is 13.1 Å². The number of hydrogen-bond donors (Lipinski definition) is 2. The van der Waals surface area contributed by atoms with E-state index in [4.69, 9.17) is 5.73 Å². The van der Waals surface area contributed by atoms with Gasteiger partial charge in [0.2, 0.25) is 10.0 Å². The van der Waals surface area contributed by atoms with Gasteiger partial charge >= 0.3 is 0 Å². The minimum Gasteiger partial charge on any atom is -0.392 e. The smallest absolute Gasteiger partial charge is 0.218 e. The molecule has 1 aromatic heterocycles. The average Bonchev–Trinajstić information content (AvgIpc) is 2.37. The topological polar surface area (TPSA) is 90.0 Å². The van der Waals surface area contributed by atoms with Crippen LogP contribution in [-0.4, -0.2) is 28.9 Å². The second-order valence-electron chi connectivity index (χ2n) is 3.82. The zero-order valence-electron chi connectivity index (χ0n) is 10.0. The SMILES string of the molecule is Cc1nn(C)c(C)c1CNS(=O)(=O)CC(N)=S. The van der Waals surface area contributed by atoms with E-state index in [0.717, 1.165) is 17.0 Å². The van der Waals surface area contributed by atoms with Crippen LogP contribution in [0.2, 0.25) is 0 Å². The molecule has 0 aliphatic rings. The van der Waals surface area contributed by atoms with Crippen LogP contribution < -0.4 is 10.5 Å². The summed E-state index contributed by atoms with van der Waals surface area (Å²) in [5.41, 5.74) is 7.82. The highest BCUT2D eigenvalue weighted by molar-refractivity contribution is 7.92. The second-order valence-corrected chi connectivity index (χ2v) is 6.15. The molecule has 0 aliphatic heterocycles. The summed E-state index contributed by atoms with van der Waals surface area (Å²) in [4.78, 5) is -0.0443. The third kappa shape index (κ3) is 3.76. The average molecular weight is 276 g/mol. The molecule has 1 aromatic rings. The van der Waals surface area contributed by atoms with E-state index in [9.17, 15) is 8.42 Å². The largest absolute Gasteiger partial charge is 0.392 e. The van der Waals surface area contributed by atoms with Crippen molar-refractivity contribution >= 4 is 27.2 Å². The molecule has 1 heterocycles. The standard InChI is InChI=1S/C9H16N4O2S2/c1-6-8(7(2)13(3)12-6)4-11-17(14,15)5-9(10)16/h11H,4-5H2,1-3H3,(H2,10,16). The monoisotopic (exact) mass is 276 g/mol. The maximum absolute atomic E-state index is 11.5. The van der Waals surface area contributed by atoms with Crippen LogP contribution in [0.1, 0.15) is 17.0 Å². The molecule has 6 nitrogen and oxygen atoms in total. The van der Waals surface area contributed by atoms with E-state index in [1.54, 1.807) is 4.68 Å². The summed E-state index contributed by atoms with van der Waals surface area (Å²) in [6.45, 7) is 3.93. The fraction of sp³-hybridized carbons (Fsp3) is 0.556. The Labute approximate surface area is 106 Å². The van der Waals surface area contributed by atoms with E-state index in [2.05, 4.69) is 22.0 Å². The van der Waals surface area contributed by atoms with E-state index in [-0.39, 0.29) is 17.3 Å². The highest BCUT2D eigenvalue weighted by Crippen LogP contribution is 2.11. The van der Waals surface area contributed by atoms with Crippen LogP contribution in [0.25, 0.3) is 0 Å². The predicted molar refractivity (Wildman–Crippen MR) is 70.1 cm³/mol. The van der Waals surface area contributed by atoms with E-state index in [0.29, 0.717) is 0 Å². The molecule has 0 saturated carbocycles. The summed E-state index contributed by atoms with van der Waals surface area (Å²) in [6, 6.07) is 0. The zero-order chi connectivity index (χ0) is 13.2. The van der Waals surface area contributed by atoms with Crippen LogP contribution in [0.3, 0.4) is 0 Å². The van der Waals surface area contributed by atoms with Gasteiger partial charge in [0, 0.05) is 24.8 Å². The quantitative estimate of drug-likeness (QED) is 0.723. The van der Waals surface area contributed by atoms with Crippen molar-refractivity contribution in [2.45, 2.75) is 20.4 Å². The Morgan fingerprint density at radius 2 is 2.12 bits per heavy atom. The lowest BCUT2D eigenvalue weighted by Crippen LogP contribution is -2.32. The fourth-order valence-electron chi connectivity index (χ4n) is 1.49. The molecule has 17 heavy (non-hydrogen) atoms. The first-order valence-corrected chi connectivity index (χ1v) is 7.03. The molecule has 0 unspecified atom stereocenters. The van der Waals surface area contributed by atoms with E-state index < -0.39 is 10.0 Å². The Morgan fingerprint density at radius 1 is 1.53 bits per heavy atom. The molecule has 0 saturated heterocycles. The molecule has 0 spiro atoms. The first-order valence-electron chi connectivity index (χ1n) is 4.97. The van der Waals surface area contributed by atoms with Gasteiger partial charge in [-0.1, -0.05) is 12.2 Å². The summed E-state index contributed by atoms with van der Waals surface area (Å²) in [7, 11) is -1.64. The maximum Gasteiger partial charge on any atom is 0.218 e. The predicted octanol–water partition coefficient (Wildman–Crippen LogP) is -0.258. The lowest BCUT2D eigenvalue weighted by molar-refractivity contribution is 0.585. The minimum atomic E-state index is -3.46. The first-order chi connectivity index (χ1) is 7.73. The number of thiocarbonyl (C=S) groups is 1. The van der Waals surface area contributed by atoms with Gasteiger partial charge in [0.1, 0.15) is 5.75 Å². The Hall–Kier alpha value is -0.990. The minimum absolute atomic E-state index is 0.0443. The van der Waals surface area contributed by atoms with Gasteiger partial charge < -0.3 is 5.73 Å². The van der Waals surface area contributed by atoms with Crippen molar-refractivity contribution in [1.82, 2.24) is 14.5 Å². The van der Waals surface area contributed by atoms with E-state index in [1.807, 2.05) is 20.9 Å². The van der Waals surface area contributed by atoms with Gasteiger partial charge in [0.15, 0.2) is 0 Å². The third-order valence-electron chi connectivity index (χ3n) is 2.46. The summed E-state index contributed by atoms with van der Waals surface area (Å²) in [6.07, 6.45) is 0. The van der Waals surface area contributed by atoms with Gasteiger partial charge in [0.25, 0.3) is 0 Å². The molecule has 0 aliphatic carbocycles. The van der Waals surface area contributed by atoms with Crippen molar-refractivity contribution in [2.24, 2.45) is 12.8 Å². The fourth-order valence-corrected chi connectivity index (χ4v) is 2.80. The number of nitrogens with one attached hydrogen (secondary N) is 1.